The predicted octanol–water partition coefficient (Wildman–Crippen LogP) is 3.87. The van der Waals surface area contributed by atoms with E-state index in [-0.39, 0.29) is 5.02 Å². The first-order valence-electron chi connectivity index (χ1n) is 6.71. The minimum atomic E-state index is -0.436. The molecule has 5 nitrogen and oxygen atoms in total. The molecular formula is C16H12Cl2N4O. The van der Waals surface area contributed by atoms with Gasteiger partial charge >= 0.3 is 0 Å². The van der Waals surface area contributed by atoms with Crippen molar-refractivity contribution in [3.05, 3.63) is 75.1 Å². The number of nitrogens with two attached hydrogens (primary N) is 1. The first kappa shape index (κ1) is 15.4. The molecule has 3 rings (SSSR count). The molecule has 0 bridgehead atoms. The lowest BCUT2D eigenvalue weighted by atomic mass is 10.3. The number of benzene rings is 2. The summed E-state index contributed by atoms with van der Waals surface area (Å²) in [6.45, 7) is 0. The molecule has 0 saturated carbocycles. The topological polar surface area (TPSA) is 72.9 Å². The Morgan fingerprint density at radius 1 is 1.09 bits per heavy atom. The summed E-state index contributed by atoms with van der Waals surface area (Å²) in [4.78, 5) is 12.4. The van der Waals surface area contributed by atoms with Gasteiger partial charge in [-0.15, -0.1) is 0 Å². The summed E-state index contributed by atoms with van der Waals surface area (Å²) in [5, 5.41) is 7.73. The Morgan fingerprint density at radius 2 is 1.83 bits per heavy atom. The highest BCUT2D eigenvalue weighted by atomic mass is 35.5. The van der Waals surface area contributed by atoms with Gasteiger partial charge < -0.3 is 11.1 Å². The maximum atomic E-state index is 12.4. The van der Waals surface area contributed by atoms with Crippen LogP contribution in [0.25, 0.3) is 5.69 Å². The number of hydrogen-bond acceptors (Lipinski definition) is 4. The van der Waals surface area contributed by atoms with Crippen molar-refractivity contribution in [1.29, 1.82) is 0 Å². The van der Waals surface area contributed by atoms with Crippen molar-refractivity contribution in [2.75, 3.05) is 11.1 Å². The van der Waals surface area contributed by atoms with Gasteiger partial charge in [-0.3, -0.25) is 4.79 Å². The molecule has 3 N–H and O–H groups in total. The lowest BCUT2D eigenvalue weighted by molar-refractivity contribution is 0.809. The van der Waals surface area contributed by atoms with Crippen LogP contribution in [0.1, 0.15) is 0 Å². The van der Waals surface area contributed by atoms with Crippen molar-refractivity contribution in [3.63, 3.8) is 0 Å². The molecule has 0 saturated heterocycles. The molecule has 0 atom stereocenters. The normalized spacial score (nSPS) is 10.5. The molecule has 0 aliphatic carbocycles. The van der Waals surface area contributed by atoms with Crippen LogP contribution < -0.4 is 16.6 Å². The number of anilines is 3. The fourth-order valence-electron chi connectivity index (χ4n) is 2.03. The zero-order chi connectivity index (χ0) is 16.4. The Bertz CT molecular complexity index is 907. The van der Waals surface area contributed by atoms with E-state index in [4.69, 9.17) is 28.9 Å². The van der Waals surface area contributed by atoms with Crippen molar-refractivity contribution in [1.82, 2.24) is 9.78 Å². The monoisotopic (exact) mass is 346 g/mol. The van der Waals surface area contributed by atoms with Gasteiger partial charge in [0.05, 0.1) is 17.6 Å². The van der Waals surface area contributed by atoms with Crippen molar-refractivity contribution in [2.24, 2.45) is 0 Å². The third-order valence-electron chi connectivity index (χ3n) is 3.16. The summed E-state index contributed by atoms with van der Waals surface area (Å²) in [5.41, 5.74) is 7.57. The molecule has 3 aromatic rings. The molecule has 0 spiro atoms. The third kappa shape index (κ3) is 3.31. The summed E-state index contributed by atoms with van der Waals surface area (Å²) in [6.07, 6.45) is 1.49. The van der Waals surface area contributed by atoms with Crippen LogP contribution in [-0.2, 0) is 0 Å². The number of aromatic nitrogens is 2. The van der Waals surface area contributed by atoms with E-state index in [1.54, 1.807) is 48.5 Å². The highest BCUT2D eigenvalue weighted by Gasteiger charge is 2.11. The van der Waals surface area contributed by atoms with Gasteiger partial charge in [-0.05, 0) is 42.5 Å². The van der Waals surface area contributed by atoms with Crippen LogP contribution in [0.3, 0.4) is 0 Å². The quantitative estimate of drug-likeness (QED) is 0.706. The molecule has 7 heteroatoms. The highest BCUT2D eigenvalue weighted by molar-refractivity contribution is 6.33. The van der Waals surface area contributed by atoms with Crippen molar-refractivity contribution < 1.29 is 0 Å². The predicted molar refractivity (Wildman–Crippen MR) is 94.0 cm³/mol. The van der Waals surface area contributed by atoms with Crippen LogP contribution >= 0.6 is 23.2 Å². The average molecular weight is 347 g/mol. The fourth-order valence-corrected chi connectivity index (χ4v) is 2.39. The first-order valence-corrected chi connectivity index (χ1v) is 7.46. The Kier molecular flexibility index (Phi) is 4.23. The fraction of sp³-hybridized carbons (Fsp3) is 0. The summed E-state index contributed by atoms with van der Waals surface area (Å²) in [5.74, 6) is 0. The van der Waals surface area contributed by atoms with E-state index in [2.05, 4.69) is 10.4 Å². The van der Waals surface area contributed by atoms with Crippen LogP contribution in [0.5, 0.6) is 0 Å². The van der Waals surface area contributed by atoms with E-state index in [0.29, 0.717) is 22.1 Å². The van der Waals surface area contributed by atoms with Gasteiger partial charge in [0, 0.05) is 16.4 Å². The number of halogens is 2. The first-order chi connectivity index (χ1) is 11.0. The van der Waals surface area contributed by atoms with Crippen LogP contribution in [0.4, 0.5) is 17.1 Å². The molecule has 1 heterocycles. The molecule has 2 aromatic carbocycles. The van der Waals surface area contributed by atoms with Gasteiger partial charge in [-0.2, -0.15) is 9.78 Å². The van der Waals surface area contributed by atoms with E-state index >= 15 is 0 Å². The number of hydrogen-bond donors (Lipinski definition) is 2. The lowest BCUT2D eigenvalue weighted by Gasteiger charge is -2.10. The van der Waals surface area contributed by atoms with Crippen molar-refractivity contribution in [3.8, 4) is 5.69 Å². The average Bonchev–Trinajstić information content (AvgIpc) is 2.54. The number of rotatable bonds is 3. The van der Waals surface area contributed by atoms with Crippen molar-refractivity contribution >= 4 is 40.3 Å². The molecule has 0 aliphatic rings. The second kappa shape index (κ2) is 6.32. The van der Waals surface area contributed by atoms with Crippen LogP contribution in [-0.4, -0.2) is 9.78 Å². The molecule has 0 amide bonds. The standard InChI is InChI=1S/C16H12Cl2N4O/c17-10-2-1-3-13(8-10)22-16(23)15(18)14(9-20-22)21-12-6-4-11(19)5-7-12/h1-9,21H,19H2. The van der Waals surface area contributed by atoms with Gasteiger partial charge in [0.2, 0.25) is 0 Å². The zero-order valence-corrected chi connectivity index (χ0v) is 13.3. The van der Waals surface area contributed by atoms with Crippen LogP contribution in [0.2, 0.25) is 10.0 Å². The highest BCUT2D eigenvalue weighted by Crippen LogP contribution is 2.23. The largest absolute Gasteiger partial charge is 0.399 e. The molecule has 0 radical (unpaired) electrons. The second-order valence-corrected chi connectivity index (χ2v) is 5.63. The maximum Gasteiger partial charge on any atom is 0.292 e. The van der Waals surface area contributed by atoms with E-state index < -0.39 is 5.56 Å². The summed E-state index contributed by atoms with van der Waals surface area (Å²) in [7, 11) is 0. The molecular weight excluding hydrogens is 335 g/mol. The minimum Gasteiger partial charge on any atom is -0.399 e. The van der Waals surface area contributed by atoms with Crippen LogP contribution in [0, 0.1) is 0 Å². The lowest BCUT2D eigenvalue weighted by Crippen LogP contribution is -2.22. The second-order valence-electron chi connectivity index (χ2n) is 4.82. The Morgan fingerprint density at radius 3 is 2.52 bits per heavy atom. The van der Waals surface area contributed by atoms with Gasteiger partial charge in [0.15, 0.2) is 0 Å². The number of nitrogens with zero attached hydrogens (tertiary/aromatic N) is 2. The summed E-state index contributed by atoms with van der Waals surface area (Å²) in [6, 6.07) is 13.9. The third-order valence-corrected chi connectivity index (χ3v) is 3.76. The van der Waals surface area contributed by atoms with Gasteiger partial charge in [-0.1, -0.05) is 29.3 Å². The van der Waals surface area contributed by atoms with E-state index in [0.717, 1.165) is 5.69 Å². The number of nitrogen functional groups attached to an aromatic ring is 1. The Labute approximate surface area is 142 Å². The number of nitrogens with one attached hydrogen (secondary N) is 1. The van der Waals surface area contributed by atoms with Gasteiger partial charge in [0.1, 0.15) is 5.02 Å². The van der Waals surface area contributed by atoms with Gasteiger partial charge in [-0.25, -0.2) is 0 Å². The van der Waals surface area contributed by atoms with Gasteiger partial charge in [0.25, 0.3) is 5.56 Å². The SMILES string of the molecule is Nc1ccc(Nc2cnn(-c3cccc(Cl)c3)c(=O)c2Cl)cc1. The zero-order valence-electron chi connectivity index (χ0n) is 11.8. The molecule has 0 fully saturated rings. The van der Waals surface area contributed by atoms with E-state index in [9.17, 15) is 4.79 Å². The minimum absolute atomic E-state index is 0.0387. The summed E-state index contributed by atoms with van der Waals surface area (Å²) >= 11 is 12.1. The Hall–Kier alpha value is -2.50. The smallest absolute Gasteiger partial charge is 0.292 e. The molecule has 23 heavy (non-hydrogen) atoms. The Balaban J connectivity index is 1.98. The van der Waals surface area contributed by atoms with E-state index in [1.807, 2.05) is 0 Å². The molecule has 116 valence electrons. The maximum absolute atomic E-state index is 12.4. The van der Waals surface area contributed by atoms with Crippen LogP contribution in [0.15, 0.2) is 59.5 Å². The molecule has 0 aliphatic heterocycles. The van der Waals surface area contributed by atoms with E-state index in [1.165, 1.54) is 10.9 Å². The summed E-state index contributed by atoms with van der Waals surface area (Å²) < 4.78 is 1.20. The molecule has 1 aromatic heterocycles. The van der Waals surface area contributed by atoms with Crippen molar-refractivity contribution in [2.45, 2.75) is 0 Å². The molecule has 0 unspecified atom stereocenters.